The first kappa shape index (κ1) is 20.2. The van der Waals surface area contributed by atoms with Crippen molar-refractivity contribution in [2.24, 2.45) is 0 Å². The first-order valence-corrected chi connectivity index (χ1v) is 9.48. The van der Waals surface area contributed by atoms with Gasteiger partial charge in [-0.25, -0.2) is 8.42 Å². The van der Waals surface area contributed by atoms with Crippen LogP contribution in [0.5, 0.6) is 11.5 Å². The predicted octanol–water partition coefficient (Wildman–Crippen LogP) is 1.03. The molecule has 24 heavy (non-hydrogen) atoms. The molecule has 0 unspecified atom stereocenters. The molecule has 0 atom stereocenters. The van der Waals surface area contributed by atoms with Gasteiger partial charge in [0.15, 0.2) is 11.5 Å². The zero-order chi connectivity index (χ0) is 18.3. The topological polar surface area (TPSA) is 84.9 Å². The molecule has 7 nitrogen and oxygen atoms in total. The van der Waals surface area contributed by atoms with Gasteiger partial charge in [0.2, 0.25) is 15.9 Å². The Labute approximate surface area is 144 Å². The van der Waals surface area contributed by atoms with Crippen molar-refractivity contribution in [1.29, 1.82) is 0 Å². The molecule has 0 aliphatic heterocycles. The molecule has 0 aliphatic carbocycles. The van der Waals surface area contributed by atoms with Gasteiger partial charge in [0.1, 0.15) is 0 Å². The maximum Gasteiger partial charge on any atom is 0.224 e. The summed E-state index contributed by atoms with van der Waals surface area (Å²) in [7, 11) is -0.203. The highest BCUT2D eigenvalue weighted by atomic mass is 32.2. The minimum absolute atomic E-state index is 0.150. The van der Waals surface area contributed by atoms with Gasteiger partial charge in [-0.15, -0.1) is 0 Å². The average molecular weight is 358 g/mol. The Hall–Kier alpha value is -1.80. The van der Waals surface area contributed by atoms with E-state index in [-0.39, 0.29) is 31.5 Å². The van der Waals surface area contributed by atoms with Crippen LogP contribution in [0, 0.1) is 0 Å². The summed E-state index contributed by atoms with van der Waals surface area (Å²) in [5.74, 6) is 0.979. The molecule has 1 aromatic carbocycles. The van der Waals surface area contributed by atoms with Crippen LogP contribution in [0.2, 0.25) is 0 Å². The third kappa shape index (κ3) is 6.01. The number of nitrogens with zero attached hydrogens (tertiary/aromatic N) is 1. The lowest BCUT2D eigenvalue weighted by molar-refractivity contribution is -0.120. The van der Waals surface area contributed by atoms with Crippen LogP contribution in [-0.4, -0.2) is 58.2 Å². The molecule has 0 fully saturated rings. The zero-order valence-corrected chi connectivity index (χ0v) is 15.6. The number of rotatable bonds is 9. The molecule has 136 valence electrons. The molecule has 0 aromatic heterocycles. The van der Waals surface area contributed by atoms with E-state index in [4.69, 9.17) is 9.47 Å². The van der Waals surface area contributed by atoms with Gasteiger partial charge in [0, 0.05) is 19.1 Å². The maximum atomic E-state index is 12.0. The van der Waals surface area contributed by atoms with Gasteiger partial charge >= 0.3 is 0 Å². The van der Waals surface area contributed by atoms with Crippen LogP contribution in [0.1, 0.15) is 19.4 Å². The lowest BCUT2D eigenvalue weighted by atomic mass is 10.1. The van der Waals surface area contributed by atoms with E-state index in [0.29, 0.717) is 11.5 Å². The zero-order valence-electron chi connectivity index (χ0n) is 14.8. The van der Waals surface area contributed by atoms with Crippen molar-refractivity contribution in [2.75, 3.05) is 33.6 Å². The van der Waals surface area contributed by atoms with Crippen LogP contribution < -0.4 is 14.8 Å². The summed E-state index contributed by atoms with van der Waals surface area (Å²) in [6.45, 7) is 4.10. The number of hydrogen-bond donors (Lipinski definition) is 1. The van der Waals surface area contributed by atoms with Crippen LogP contribution in [0.4, 0.5) is 0 Å². The number of carbonyl (C=O) groups excluding carboxylic acids is 1. The number of benzene rings is 1. The number of ether oxygens (including phenoxy) is 2. The summed E-state index contributed by atoms with van der Waals surface area (Å²) in [5, 5.41) is 2.74. The molecule has 0 spiro atoms. The number of hydrogen-bond acceptors (Lipinski definition) is 5. The van der Waals surface area contributed by atoms with Gasteiger partial charge in [0.25, 0.3) is 0 Å². The SMILES string of the molecule is COc1ccc(CC(=O)NCCN(C(C)C)S(C)(=O)=O)cc1OC. The summed E-state index contributed by atoms with van der Waals surface area (Å²) in [5.41, 5.74) is 0.786. The first-order chi connectivity index (χ1) is 11.2. The lowest BCUT2D eigenvalue weighted by Crippen LogP contribution is -2.42. The lowest BCUT2D eigenvalue weighted by Gasteiger charge is -2.23. The van der Waals surface area contributed by atoms with E-state index < -0.39 is 10.0 Å². The first-order valence-electron chi connectivity index (χ1n) is 7.63. The van der Waals surface area contributed by atoms with Crippen molar-refractivity contribution < 1.29 is 22.7 Å². The van der Waals surface area contributed by atoms with Crippen molar-refractivity contribution in [3.05, 3.63) is 23.8 Å². The van der Waals surface area contributed by atoms with E-state index in [2.05, 4.69) is 5.32 Å². The van der Waals surface area contributed by atoms with Gasteiger partial charge < -0.3 is 14.8 Å². The molecular weight excluding hydrogens is 332 g/mol. The van der Waals surface area contributed by atoms with Crippen molar-refractivity contribution in [3.8, 4) is 11.5 Å². The predicted molar refractivity (Wildman–Crippen MR) is 92.9 cm³/mol. The van der Waals surface area contributed by atoms with Crippen LogP contribution in [0.3, 0.4) is 0 Å². The molecule has 8 heteroatoms. The third-order valence-corrected chi connectivity index (χ3v) is 4.93. The second-order valence-electron chi connectivity index (χ2n) is 5.68. The van der Waals surface area contributed by atoms with Gasteiger partial charge in [0.05, 0.1) is 26.9 Å². The van der Waals surface area contributed by atoms with Crippen molar-refractivity contribution in [3.63, 3.8) is 0 Å². The molecule has 1 N–H and O–H groups in total. The molecule has 0 saturated heterocycles. The van der Waals surface area contributed by atoms with Crippen LogP contribution >= 0.6 is 0 Å². The fourth-order valence-corrected chi connectivity index (χ4v) is 3.54. The molecule has 0 aliphatic rings. The Bertz CT molecular complexity index is 658. The summed E-state index contributed by atoms with van der Waals surface area (Å²) in [6, 6.07) is 5.13. The van der Waals surface area contributed by atoms with Crippen LogP contribution in [0.15, 0.2) is 18.2 Å². The van der Waals surface area contributed by atoms with Gasteiger partial charge in [-0.05, 0) is 31.5 Å². The molecule has 0 saturated carbocycles. The van der Waals surface area contributed by atoms with E-state index >= 15 is 0 Å². The Morgan fingerprint density at radius 3 is 2.33 bits per heavy atom. The second kappa shape index (κ2) is 8.89. The van der Waals surface area contributed by atoms with Gasteiger partial charge in [-0.2, -0.15) is 4.31 Å². The summed E-state index contributed by atoms with van der Waals surface area (Å²) < 4.78 is 35.0. The minimum atomic E-state index is -3.29. The van der Waals surface area contributed by atoms with Gasteiger partial charge in [-0.1, -0.05) is 6.07 Å². The Morgan fingerprint density at radius 1 is 1.21 bits per heavy atom. The molecule has 1 aromatic rings. The largest absolute Gasteiger partial charge is 0.493 e. The molecule has 0 radical (unpaired) electrons. The maximum absolute atomic E-state index is 12.0. The Kier molecular flexibility index (Phi) is 7.50. The Morgan fingerprint density at radius 2 is 1.83 bits per heavy atom. The Balaban J connectivity index is 2.58. The minimum Gasteiger partial charge on any atom is -0.493 e. The normalized spacial score (nSPS) is 11.6. The summed E-state index contributed by atoms with van der Waals surface area (Å²) >= 11 is 0. The third-order valence-electron chi connectivity index (χ3n) is 3.47. The van der Waals surface area contributed by atoms with Crippen molar-refractivity contribution in [2.45, 2.75) is 26.3 Å². The fourth-order valence-electron chi connectivity index (χ4n) is 2.35. The number of methoxy groups -OCH3 is 2. The highest BCUT2D eigenvalue weighted by Crippen LogP contribution is 2.27. The van der Waals surface area contributed by atoms with E-state index in [1.54, 1.807) is 39.2 Å². The highest BCUT2D eigenvalue weighted by molar-refractivity contribution is 7.88. The second-order valence-corrected chi connectivity index (χ2v) is 7.62. The quantitative estimate of drug-likeness (QED) is 0.713. The summed E-state index contributed by atoms with van der Waals surface area (Å²) in [4.78, 5) is 12.0. The van der Waals surface area contributed by atoms with Crippen molar-refractivity contribution in [1.82, 2.24) is 9.62 Å². The molecular formula is C16H26N2O5S. The highest BCUT2D eigenvalue weighted by Gasteiger charge is 2.19. The van der Waals surface area contributed by atoms with E-state index in [1.807, 2.05) is 0 Å². The standard InChI is InChI=1S/C16H26N2O5S/c1-12(2)18(24(5,20)21)9-8-17-16(19)11-13-6-7-14(22-3)15(10-13)23-4/h6-7,10,12H,8-9,11H2,1-5H3,(H,17,19). The summed E-state index contributed by atoms with van der Waals surface area (Å²) in [6.07, 6.45) is 1.35. The van der Waals surface area contributed by atoms with E-state index in [0.717, 1.165) is 5.56 Å². The van der Waals surface area contributed by atoms with Crippen LogP contribution in [0.25, 0.3) is 0 Å². The van der Waals surface area contributed by atoms with Crippen LogP contribution in [-0.2, 0) is 21.2 Å². The van der Waals surface area contributed by atoms with Gasteiger partial charge in [-0.3, -0.25) is 4.79 Å². The monoisotopic (exact) mass is 358 g/mol. The smallest absolute Gasteiger partial charge is 0.224 e. The fraction of sp³-hybridized carbons (Fsp3) is 0.562. The molecule has 0 heterocycles. The number of amides is 1. The number of carbonyl (C=O) groups is 1. The van der Waals surface area contributed by atoms with Crippen molar-refractivity contribution >= 4 is 15.9 Å². The van der Waals surface area contributed by atoms with E-state index in [9.17, 15) is 13.2 Å². The molecule has 0 bridgehead atoms. The van der Waals surface area contributed by atoms with E-state index in [1.165, 1.54) is 17.7 Å². The molecule has 1 amide bonds. The number of sulfonamides is 1. The number of nitrogens with one attached hydrogen (secondary N) is 1. The molecule has 1 rings (SSSR count). The average Bonchev–Trinajstić information content (AvgIpc) is 2.49.